The average Bonchev–Trinajstić information content (AvgIpc) is 3.23. The normalized spacial score (nSPS) is 10.3. The fourth-order valence-corrected chi connectivity index (χ4v) is 3.16. The Morgan fingerprint density at radius 1 is 1.07 bits per heavy atom. The lowest BCUT2D eigenvalue weighted by Crippen LogP contribution is -2.31. The molecule has 6 nitrogen and oxygen atoms in total. The Bertz CT molecular complexity index is 1030. The maximum absolute atomic E-state index is 13.4. The van der Waals surface area contributed by atoms with Crippen molar-refractivity contribution >= 4 is 5.91 Å². The van der Waals surface area contributed by atoms with Crippen molar-refractivity contribution < 1.29 is 14.3 Å². The van der Waals surface area contributed by atoms with Gasteiger partial charge < -0.3 is 14.4 Å². The van der Waals surface area contributed by atoms with E-state index in [1.807, 2.05) is 42.5 Å². The maximum atomic E-state index is 13.4. The van der Waals surface area contributed by atoms with Gasteiger partial charge in [-0.1, -0.05) is 30.4 Å². The van der Waals surface area contributed by atoms with Crippen LogP contribution in [0.5, 0.6) is 11.5 Å². The summed E-state index contributed by atoms with van der Waals surface area (Å²) in [6, 6.07) is 15.1. The summed E-state index contributed by atoms with van der Waals surface area (Å²) in [6.07, 6.45) is 5.13. The van der Waals surface area contributed by atoms with Crippen LogP contribution in [0, 0.1) is 0 Å². The highest BCUT2D eigenvalue weighted by atomic mass is 16.5. The molecule has 0 aliphatic rings. The number of aromatic nitrogens is 2. The lowest BCUT2D eigenvalue weighted by Gasteiger charge is -2.19. The highest BCUT2D eigenvalue weighted by molar-refractivity contribution is 6.00. The Balaban J connectivity index is 2.18. The lowest BCUT2D eigenvalue weighted by atomic mass is 10.1. The summed E-state index contributed by atoms with van der Waals surface area (Å²) >= 11 is 0. The average molecular weight is 403 g/mol. The van der Waals surface area contributed by atoms with E-state index in [1.165, 1.54) is 0 Å². The highest BCUT2D eigenvalue weighted by Gasteiger charge is 2.24. The number of ether oxygens (including phenoxy) is 2. The van der Waals surface area contributed by atoms with Crippen LogP contribution in [0.3, 0.4) is 0 Å². The molecule has 0 saturated heterocycles. The number of hydrogen-bond acceptors (Lipinski definition) is 4. The topological polar surface area (TPSA) is 56.6 Å². The van der Waals surface area contributed by atoms with Gasteiger partial charge in [-0.3, -0.25) is 4.79 Å². The third-order valence-corrected chi connectivity index (χ3v) is 4.62. The predicted octanol–water partition coefficient (Wildman–Crippen LogP) is 4.37. The van der Waals surface area contributed by atoms with E-state index in [4.69, 9.17) is 14.6 Å². The molecule has 0 saturated carbocycles. The fourth-order valence-electron chi connectivity index (χ4n) is 3.16. The zero-order valence-electron chi connectivity index (χ0n) is 17.2. The first-order valence-electron chi connectivity index (χ1n) is 9.51. The van der Waals surface area contributed by atoms with Crippen molar-refractivity contribution in [2.75, 3.05) is 27.3 Å². The summed E-state index contributed by atoms with van der Waals surface area (Å²) in [5, 5.41) is 4.74. The summed E-state index contributed by atoms with van der Waals surface area (Å²) in [5.41, 5.74) is 2.55. The third-order valence-electron chi connectivity index (χ3n) is 4.62. The molecule has 0 bridgehead atoms. The molecule has 0 atom stereocenters. The van der Waals surface area contributed by atoms with E-state index in [1.54, 1.807) is 48.2 Å². The molecular weight excluding hydrogens is 378 g/mol. The van der Waals surface area contributed by atoms with Crippen LogP contribution in [-0.4, -0.2) is 47.9 Å². The molecule has 1 amide bonds. The molecule has 0 N–H and O–H groups in total. The maximum Gasteiger partial charge on any atom is 0.258 e. The molecule has 3 rings (SSSR count). The zero-order chi connectivity index (χ0) is 21.5. The van der Waals surface area contributed by atoms with Gasteiger partial charge in [0.2, 0.25) is 0 Å². The van der Waals surface area contributed by atoms with Gasteiger partial charge in [0.25, 0.3) is 5.91 Å². The summed E-state index contributed by atoms with van der Waals surface area (Å²) in [7, 11) is 3.17. The minimum atomic E-state index is -0.162. The van der Waals surface area contributed by atoms with E-state index >= 15 is 0 Å². The van der Waals surface area contributed by atoms with Gasteiger partial charge in [-0.25, -0.2) is 4.68 Å². The first-order chi connectivity index (χ1) is 14.6. The second-order valence-corrected chi connectivity index (χ2v) is 6.53. The molecule has 3 aromatic rings. The molecule has 30 heavy (non-hydrogen) atoms. The number of methoxy groups -OCH3 is 2. The Morgan fingerprint density at radius 3 is 2.37 bits per heavy atom. The van der Waals surface area contributed by atoms with Crippen molar-refractivity contribution in [3.05, 3.63) is 85.6 Å². The number of hydrogen-bond donors (Lipinski definition) is 0. The van der Waals surface area contributed by atoms with Gasteiger partial charge in [0.15, 0.2) is 0 Å². The summed E-state index contributed by atoms with van der Waals surface area (Å²) in [4.78, 5) is 15.1. The quantitative estimate of drug-likeness (QED) is 0.498. The second-order valence-electron chi connectivity index (χ2n) is 6.53. The number of para-hydroxylation sites is 1. The van der Waals surface area contributed by atoms with Crippen LogP contribution in [0.25, 0.3) is 16.9 Å². The van der Waals surface area contributed by atoms with E-state index in [0.29, 0.717) is 41.4 Å². The lowest BCUT2D eigenvalue weighted by molar-refractivity contribution is 0.0791. The van der Waals surface area contributed by atoms with E-state index in [0.717, 1.165) is 5.69 Å². The molecule has 1 heterocycles. The number of rotatable bonds is 9. The Labute approximate surface area is 176 Å². The van der Waals surface area contributed by atoms with Crippen molar-refractivity contribution in [3.8, 4) is 28.4 Å². The number of carbonyl (C=O) groups is 1. The van der Waals surface area contributed by atoms with Crippen LogP contribution >= 0.6 is 0 Å². The van der Waals surface area contributed by atoms with Crippen LogP contribution in [-0.2, 0) is 0 Å². The van der Waals surface area contributed by atoms with Crippen LogP contribution in [0.2, 0.25) is 0 Å². The van der Waals surface area contributed by atoms with Crippen molar-refractivity contribution in [3.63, 3.8) is 0 Å². The standard InChI is InChI=1S/C24H25N3O3/c1-5-14-26(15-6-2)24(28)21-17-27(18-10-8-7-9-11-18)25-23(21)20-13-12-19(29-3)16-22(20)30-4/h5-13,16-17H,1-2,14-15H2,3-4H3. The third kappa shape index (κ3) is 4.27. The van der Waals surface area contributed by atoms with E-state index in [-0.39, 0.29) is 5.91 Å². The van der Waals surface area contributed by atoms with Gasteiger partial charge in [-0.2, -0.15) is 5.10 Å². The molecule has 0 unspecified atom stereocenters. The monoisotopic (exact) mass is 403 g/mol. The molecule has 0 spiro atoms. The van der Waals surface area contributed by atoms with Gasteiger partial charge in [0.05, 0.1) is 25.5 Å². The molecule has 2 aromatic carbocycles. The van der Waals surface area contributed by atoms with E-state index in [2.05, 4.69) is 13.2 Å². The Kier molecular flexibility index (Phi) is 6.70. The molecule has 0 aliphatic carbocycles. The predicted molar refractivity (Wildman–Crippen MR) is 118 cm³/mol. The Hall–Kier alpha value is -3.80. The summed E-state index contributed by atoms with van der Waals surface area (Å²) < 4.78 is 12.6. The molecule has 6 heteroatoms. The molecule has 0 fully saturated rings. The van der Waals surface area contributed by atoms with Gasteiger partial charge in [0.1, 0.15) is 17.2 Å². The largest absolute Gasteiger partial charge is 0.497 e. The number of amides is 1. The highest BCUT2D eigenvalue weighted by Crippen LogP contribution is 2.35. The number of benzene rings is 2. The van der Waals surface area contributed by atoms with E-state index < -0.39 is 0 Å². The van der Waals surface area contributed by atoms with Crippen molar-refractivity contribution in [2.24, 2.45) is 0 Å². The minimum absolute atomic E-state index is 0.162. The fraction of sp³-hybridized carbons (Fsp3) is 0.167. The van der Waals surface area contributed by atoms with Gasteiger partial charge in [-0.05, 0) is 24.3 Å². The van der Waals surface area contributed by atoms with Crippen molar-refractivity contribution in [1.82, 2.24) is 14.7 Å². The smallest absolute Gasteiger partial charge is 0.258 e. The molecular formula is C24H25N3O3. The Morgan fingerprint density at radius 2 is 1.77 bits per heavy atom. The van der Waals surface area contributed by atoms with Crippen molar-refractivity contribution in [1.29, 1.82) is 0 Å². The SMILES string of the molecule is C=CCN(CC=C)C(=O)c1cn(-c2ccccc2)nc1-c1ccc(OC)cc1OC. The molecule has 154 valence electrons. The molecule has 0 aliphatic heterocycles. The zero-order valence-corrected chi connectivity index (χ0v) is 17.2. The first kappa shape index (κ1) is 20.9. The second kappa shape index (κ2) is 9.60. The minimum Gasteiger partial charge on any atom is -0.497 e. The van der Waals surface area contributed by atoms with Gasteiger partial charge >= 0.3 is 0 Å². The number of nitrogens with zero attached hydrogens (tertiary/aromatic N) is 3. The van der Waals surface area contributed by atoms with Crippen LogP contribution < -0.4 is 9.47 Å². The van der Waals surface area contributed by atoms with Crippen LogP contribution in [0.4, 0.5) is 0 Å². The first-order valence-corrected chi connectivity index (χ1v) is 9.51. The van der Waals surface area contributed by atoms with Crippen LogP contribution in [0.15, 0.2) is 80.0 Å². The summed E-state index contributed by atoms with van der Waals surface area (Å²) in [5.74, 6) is 1.07. The van der Waals surface area contributed by atoms with E-state index in [9.17, 15) is 4.79 Å². The van der Waals surface area contributed by atoms with Gasteiger partial charge in [0, 0.05) is 30.9 Å². The van der Waals surface area contributed by atoms with Crippen molar-refractivity contribution in [2.45, 2.75) is 0 Å². The molecule has 0 radical (unpaired) electrons. The van der Waals surface area contributed by atoms with Gasteiger partial charge in [-0.15, -0.1) is 13.2 Å². The summed E-state index contributed by atoms with van der Waals surface area (Å²) in [6.45, 7) is 8.32. The number of carbonyl (C=O) groups excluding carboxylic acids is 1. The van der Waals surface area contributed by atoms with Crippen LogP contribution in [0.1, 0.15) is 10.4 Å². The molecule has 1 aromatic heterocycles.